The van der Waals surface area contributed by atoms with Gasteiger partial charge in [-0.1, -0.05) is 32.3 Å². The molecule has 16 heavy (non-hydrogen) atoms. The van der Waals surface area contributed by atoms with E-state index in [9.17, 15) is 0 Å². The second-order valence-electron chi connectivity index (χ2n) is 5.64. The van der Waals surface area contributed by atoms with Gasteiger partial charge in [0.2, 0.25) is 5.89 Å². The van der Waals surface area contributed by atoms with Gasteiger partial charge in [0.25, 0.3) is 0 Å². The second-order valence-corrected chi connectivity index (χ2v) is 5.64. The van der Waals surface area contributed by atoms with Crippen LogP contribution in [-0.4, -0.2) is 23.2 Å². The Hall–Kier alpha value is -0.900. The zero-order chi connectivity index (χ0) is 11.8. The molecule has 1 N–H and O–H groups in total. The van der Waals surface area contributed by atoms with E-state index in [1.165, 1.54) is 12.8 Å². The molecule has 2 atom stereocenters. The smallest absolute Gasteiger partial charge is 0.231 e. The van der Waals surface area contributed by atoms with E-state index in [1.807, 2.05) is 7.05 Å². The fraction of sp³-hybridized carbons (Fsp3) is 0.833. The Labute approximate surface area is 96.8 Å². The van der Waals surface area contributed by atoms with Gasteiger partial charge in [0.05, 0.1) is 5.92 Å². The lowest BCUT2D eigenvalue weighted by molar-refractivity contribution is 0.327. The molecule has 0 aliphatic heterocycles. The zero-order valence-corrected chi connectivity index (χ0v) is 10.6. The highest BCUT2D eigenvalue weighted by atomic mass is 16.5. The third kappa shape index (κ3) is 2.12. The lowest BCUT2D eigenvalue weighted by Crippen LogP contribution is -2.27. The molecular formula is C12H21N3O. The van der Waals surface area contributed by atoms with Crippen molar-refractivity contribution in [1.29, 1.82) is 0 Å². The molecule has 1 aliphatic rings. The maximum absolute atomic E-state index is 5.41. The van der Waals surface area contributed by atoms with Crippen LogP contribution in [0.1, 0.15) is 57.7 Å². The standard InChI is InChI=1S/C12H21N3O/c1-12(2,3)11-14-10(16-15-11)8-6-5-7-9(8)13-4/h8-9,13H,5-7H2,1-4H3. The molecule has 4 nitrogen and oxygen atoms in total. The fourth-order valence-corrected chi connectivity index (χ4v) is 2.29. The average Bonchev–Trinajstić information content (AvgIpc) is 2.84. The summed E-state index contributed by atoms with van der Waals surface area (Å²) in [5, 5.41) is 7.42. The minimum atomic E-state index is -0.0322. The van der Waals surface area contributed by atoms with Gasteiger partial charge in [-0.05, 0) is 19.9 Å². The first-order valence-electron chi connectivity index (χ1n) is 6.03. The molecule has 0 bridgehead atoms. The number of aromatic nitrogens is 2. The molecule has 90 valence electrons. The van der Waals surface area contributed by atoms with Crippen LogP contribution in [0.2, 0.25) is 0 Å². The molecular weight excluding hydrogens is 202 g/mol. The van der Waals surface area contributed by atoms with Gasteiger partial charge < -0.3 is 9.84 Å². The Morgan fingerprint density at radius 3 is 2.62 bits per heavy atom. The van der Waals surface area contributed by atoms with Crippen LogP contribution < -0.4 is 5.32 Å². The number of likely N-dealkylation sites (N-methyl/N-ethyl adjacent to an activating group) is 1. The second kappa shape index (κ2) is 4.17. The van der Waals surface area contributed by atoms with Gasteiger partial charge in [-0.25, -0.2) is 0 Å². The van der Waals surface area contributed by atoms with Gasteiger partial charge in [-0.15, -0.1) is 0 Å². The highest BCUT2D eigenvalue weighted by molar-refractivity contribution is 5.06. The van der Waals surface area contributed by atoms with Crippen molar-refractivity contribution in [3.8, 4) is 0 Å². The third-order valence-corrected chi connectivity index (χ3v) is 3.32. The third-order valence-electron chi connectivity index (χ3n) is 3.32. The van der Waals surface area contributed by atoms with Gasteiger partial charge in [0.15, 0.2) is 5.82 Å². The Bertz CT molecular complexity index is 353. The summed E-state index contributed by atoms with van der Waals surface area (Å²) in [6, 6.07) is 0.494. The van der Waals surface area contributed by atoms with E-state index in [4.69, 9.17) is 4.52 Å². The van der Waals surface area contributed by atoms with Crippen molar-refractivity contribution in [3.05, 3.63) is 11.7 Å². The zero-order valence-electron chi connectivity index (χ0n) is 10.6. The molecule has 2 rings (SSSR count). The normalized spacial score (nSPS) is 26.2. The Balaban J connectivity index is 2.18. The quantitative estimate of drug-likeness (QED) is 0.835. The van der Waals surface area contributed by atoms with Crippen molar-refractivity contribution in [1.82, 2.24) is 15.5 Å². The predicted molar refractivity (Wildman–Crippen MR) is 62.4 cm³/mol. The van der Waals surface area contributed by atoms with E-state index >= 15 is 0 Å². The van der Waals surface area contributed by atoms with Crippen LogP contribution in [0.25, 0.3) is 0 Å². The van der Waals surface area contributed by atoms with E-state index in [0.717, 1.165) is 18.1 Å². The molecule has 1 fully saturated rings. The summed E-state index contributed by atoms with van der Waals surface area (Å²) in [5.74, 6) is 2.01. The van der Waals surface area contributed by atoms with E-state index in [1.54, 1.807) is 0 Å². The van der Waals surface area contributed by atoms with Crippen molar-refractivity contribution < 1.29 is 4.52 Å². The summed E-state index contributed by atoms with van der Waals surface area (Å²) in [7, 11) is 2.00. The molecule has 1 saturated carbocycles. The van der Waals surface area contributed by atoms with Gasteiger partial charge in [0.1, 0.15) is 0 Å². The summed E-state index contributed by atoms with van der Waals surface area (Å²) < 4.78 is 5.41. The van der Waals surface area contributed by atoms with E-state index in [2.05, 4.69) is 36.2 Å². The van der Waals surface area contributed by atoms with Crippen LogP contribution in [0.3, 0.4) is 0 Å². The van der Waals surface area contributed by atoms with Crippen molar-refractivity contribution in [3.63, 3.8) is 0 Å². The molecule has 0 spiro atoms. The highest BCUT2D eigenvalue weighted by Gasteiger charge is 2.33. The van der Waals surface area contributed by atoms with Crippen LogP contribution in [-0.2, 0) is 5.41 Å². The van der Waals surface area contributed by atoms with Gasteiger partial charge in [0, 0.05) is 11.5 Å². The first kappa shape index (κ1) is 11.6. The topological polar surface area (TPSA) is 51.0 Å². The number of nitrogens with one attached hydrogen (secondary N) is 1. The lowest BCUT2D eigenvalue weighted by atomic mass is 9.96. The molecule has 2 unspecified atom stereocenters. The molecule has 1 heterocycles. The van der Waals surface area contributed by atoms with E-state index in [-0.39, 0.29) is 5.41 Å². The first-order valence-corrected chi connectivity index (χ1v) is 6.03. The molecule has 1 aromatic rings. The number of hydrogen-bond donors (Lipinski definition) is 1. The number of rotatable bonds is 2. The van der Waals surface area contributed by atoms with Crippen molar-refractivity contribution in [2.75, 3.05) is 7.05 Å². The monoisotopic (exact) mass is 223 g/mol. The number of nitrogens with zero attached hydrogens (tertiary/aromatic N) is 2. The largest absolute Gasteiger partial charge is 0.339 e. The lowest BCUT2D eigenvalue weighted by Gasteiger charge is -2.15. The fourth-order valence-electron chi connectivity index (χ4n) is 2.29. The van der Waals surface area contributed by atoms with Crippen LogP contribution in [0, 0.1) is 0 Å². The first-order chi connectivity index (χ1) is 7.52. The molecule has 0 saturated heterocycles. The van der Waals surface area contributed by atoms with Gasteiger partial charge in [-0.2, -0.15) is 4.98 Å². The maximum Gasteiger partial charge on any atom is 0.231 e. The summed E-state index contributed by atoms with van der Waals surface area (Å²) in [5.41, 5.74) is -0.0322. The summed E-state index contributed by atoms with van der Waals surface area (Å²) >= 11 is 0. The van der Waals surface area contributed by atoms with Crippen LogP contribution in [0.5, 0.6) is 0 Å². The Morgan fingerprint density at radius 2 is 2.06 bits per heavy atom. The minimum Gasteiger partial charge on any atom is -0.339 e. The molecule has 0 amide bonds. The summed E-state index contributed by atoms with van der Waals surface area (Å²) in [6.07, 6.45) is 3.59. The molecule has 1 aromatic heterocycles. The van der Waals surface area contributed by atoms with Gasteiger partial charge >= 0.3 is 0 Å². The summed E-state index contributed by atoms with van der Waals surface area (Å²) in [4.78, 5) is 4.54. The number of hydrogen-bond acceptors (Lipinski definition) is 4. The average molecular weight is 223 g/mol. The SMILES string of the molecule is CNC1CCCC1c1nc(C(C)(C)C)no1. The predicted octanol–water partition coefficient (Wildman–Crippen LogP) is 2.22. The Morgan fingerprint density at radius 1 is 1.31 bits per heavy atom. The van der Waals surface area contributed by atoms with E-state index in [0.29, 0.717) is 12.0 Å². The van der Waals surface area contributed by atoms with Crippen LogP contribution >= 0.6 is 0 Å². The van der Waals surface area contributed by atoms with Crippen LogP contribution in [0.15, 0.2) is 4.52 Å². The minimum absolute atomic E-state index is 0.0322. The highest BCUT2D eigenvalue weighted by Crippen LogP contribution is 2.34. The van der Waals surface area contributed by atoms with Crippen molar-refractivity contribution in [2.45, 2.75) is 57.4 Å². The maximum atomic E-state index is 5.41. The molecule has 0 radical (unpaired) electrons. The van der Waals surface area contributed by atoms with E-state index < -0.39 is 0 Å². The van der Waals surface area contributed by atoms with Crippen LogP contribution in [0.4, 0.5) is 0 Å². The van der Waals surface area contributed by atoms with Gasteiger partial charge in [-0.3, -0.25) is 0 Å². The molecule has 4 heteroatoms. The summed E-state index contributed by atoms with van der Waals surface area (Å²) in [6.45, 7) is 6.31. The van der Waals surface area contributed by atoms with Crippen molar-refractivity contribution >= 4 is 0 Å². The van der Waals surface area contributed by atoms with Crippen molar-refractivity contribution in [2.24, 2.45) is 0 Å². The Kier molecular flexibility index (Phi) is 3.02. The molecule has 0 aromatic carbocycles. The molecule has 1 aliphatic carbocycles.